The summed E-state index contributed by atoms with van der Waals surface area (Å²) in [7, 11) is 1.37. The van der Waals surface area contributed by atoms with Gasteiger partial charge in [0.05, 0.1) is 7.11 Å². The van der Waals surface area contributed by atoms with Crippen molar-refractivity contribution in [3.8, 4) is 0 Å². The lowest BCUT2D eigenvalue weighted by atomic mass is 9.72. The van der Waals surface area contributed by atoms with Crippen LogP contribution in [0.15, 0.2) is 40.8 Å². The molecular weight excluding hydrogens is 280 g/mol. The van der Waals surface area contributed by atoms with Crippen LogP contribution in [-0.4, -0.2) is 29.6 Å². The van der Waals surface area contributed by atoms with Gasteiger partial charge in [-0.1, -0.05) is 0 Å². The molecule has 5 nitrogen and oxygen atoms in total. The van der Waals surface area contributed by atoms with E-state index in [1.165, 1.54) is 7.11 Å². The molecule has 114 valence electrons. The normalized spacial score (nSPS) is 24.6. The van der Waals surface area contributed by atoms with Gasteiger partial charge >= 0.3 is 5.97 Å². The van der Waals surface area contributed by atoms with Crippen molar-refractivity contribution in [2.24, 2.45) is 10.9 Å². The van der Waals surface area contributed by atoms with Crippen molar-refractivity contribution in [2.45, 2.75) is 32.1 Å². The predicted octanol–water partition coefficient (Wildman–Crippen LogP) is 2.44. The van der Waals surface area contributed by atoms with E-state index in [9.17, 15) is 9.59 Å². The highest BCUT2D eigenvalue weighted by atomic mass is 16.5. The Labute approximate surface area is 129 Å². The number of carbonyl (C=O) groups excluding carboxylic acids is 2. The van der Waals surface area contributed by atoms with Crippen molar-refractivity contribution in [3.63, 3.8) is 0 Å². The monoisotopic (exact) mass is 298 g/mol. The molecule has 0 saturated heterocycles. The first-order chi connectivity index (χ1) is 10.6. The summed E-state index contributed by atoms with van der Waals surface area (Å²) in [6.45, 7) is 1.83. The van der Waals surface area contributed by atoms with Crippen LogP contribution >= 0.6 is 0 Å². The van der Waals surface area contributed by atoms with Crippen molar-refractivity contribution in [1.29, 1.82) is 0 Å². The molecule has 5 heteroatoms. The second-order valence-corrected chi connectivity index (χ2v) is 5.65. The molecular formula is C17H18N2O3. The van der Waals surface area contributed by atoms with E-state index >= 15 is 0 Å². The summed E-state index contributed by atoms with van der Waals surface area (Å²) in [6, 6.07) is 3.71. The second-order valence-electron chi connectivity index (χ2n) is 5.65. The maximum absolute atomic E-state index is 12.5. The summed E-state index contributed by atoms with van der Waals surface area (Å²) in [4.78, 5) is 33.3. The number of aliphatic imine (C=N–C) groups is 1. The maximum atomic E-state index is 12.5. The molecule has 2 aliphatic rings. The lowest BCUT2D eigenvalue weighted by Gasteiger charge is -2.34. The highest BCUT2D eigenvalue weighted by Gasteiger charge is 2.42. The molecule has 0 saturated carbocycles. The van der Waals surface area contributed by atoms with Gasteiger partial charge in [0.25, 0.3) is 0 Å². The van der Waals surface area contributed by atoms with Crippen LogP contribution in [0.2, 0.25) is 0 Å². The fourth-order valence-corrected chi connectivity index (χ4v) is 3.37. The molecule has 1 aliphatic heterocycles. The molecule has 1 unspecified atom stereocenters. The van der Waals surface area contributed by atoms with Crippen molar-refractivity contribution < 1.29 is 14.3 Å². The first-order valence-corrected chi connectivity index (χ1v) is 7.42. The summed E-state index contributed by atoms with van der Waals surface area (Å²) >= 11 is 0. The molecule has 0 radical (unpaired) electrons. The Hall–Kier alpha value is -2.30. The summed E-state index contributed by atoms with van der Waals surface area (Å²) in [5, 5.41) is 0. The molecule has 1 aliphatic carbocycles. The third-order valence-corrected chi connectivity index (χ3v) is 4.35. The number of allylic oxidation sites excluding steroid dienone is 2. The summed E-state index contributed by atoms with van der Waals surface area (Å²) in [6.07, 6.45) is 5.48. The average Bonchev–Trinajstić information content (AvgIpc) is 2.54. The standard InChI is InChI=1S/C17H18N2O3/c1-10-14(17(21)22-2)15(11-6-8-18-9-7-11)16-12(19-10)4-3-5-13(16)20/h6-9,14-15H,3-5H2,1-2H3/t14?,15-/m1/s1. The van der Waals surface area contributed by atoms with Crippen molar-refractivity contribution in [1.82, 2.24) is 4.98 Å². The Morgan fingerprint density at radius 2 is 2.00 bits per heavy atom. The molecule has 0 amide bonds. The number of Topliss-reactive ketones (excluding diaryl/α,β-unsaturated/α-hetero) is 1. The first kappa shape index (κ1) is 14.6. The lowest BCUT2D eigenvalue weighted by Crippen LogP contribution is -2.36. The van der Waals surface area contributed by atoms with E-state index in [0.29, 0.717) is 17.7 Å². The topological polar surface area (TPSA) is 68.6 Å². The largest absolute Gasteiger partial charge is 0.468 e. The zero-order valence-electron chi connectivity index (χ0n) is 12.7. The fraction of sp³-hybridized carbons (Fsp3) is 0.412. The molecule has 0 N–H and O–H groups in total. The van der Waals surface area contributed by atoms with Gasteiger partial charge in [-0.15, -0.1) is 0 Å². The van der Waals surface area contributed by atoms with Gasteiger partial charge in [-0.2, -0.15) is 0 Å². The van der Waals surface area contributed by atoms with Crippen molar-refractivity contribution >= 4 is 17.5 Å². The van der Waals surface area contributed by atoms with Crippen LogP contribution in [0.5, 0.6) is 0 Å². The average molecular weight is 298 g/mol. The van der Waals surface area contributed by atoms with Gasteiger partial charge in [0.2, 0.25) is 0 Å². The summed E-state index contributed by atoms with van der Waals surface area (Å²) < 4.78 is 4.96. The Kier molecular flexibility index (Phi) is 3.88. The van der Waals surface area contributed by atoms with Gasteiger partial charge in [0, 0.05) is 41.7 Å². The van der Waals surface area contributed by atoms with Crippen LogP contribution in [0, 0.1) is 5.92 Å². The molecule has 0 spiro atoms. The number of ether oxygens (including phenoxy) is 1. The van der Waals surface area contributed by atoms with Crippen LogP contribution in [0.4, 0.5) is 0 Å². The lowest BCUT2D eigenvalue weighted by molar-refractivity contribution is -0.143. The molecule has 0 bridgehead atoms. The summed E-state index contributed by atoms with van der Waals surface area (Å²) in [5.41, 5.74) is 3.12. The van der Waals surface area contributed by atoms with Gasteiger partial charge in [-0.05, 0) is 37.5 Å². The van der Waals surface area contributed by atoms with E-state index in [-0.39, 0.29) is 17.7 Å². The molecule has 3 rings (SSSR count). The van der Waals surface area contributed by atoms with E-state index in [0.717, 1.165) is 24.1 Å². The van der Waals surface area contributed by atoms with Gasteiger partial charge in [-0.25, -0.2) is 0 Å². The smallest absolute Gasteiger partial charge is 0.315 e. The van der Waals surface area contributed by atoms with E-state index in [2.05, 4.69) is 9.98 Å². The van der Waals surface area contributed by atoms with Crippen LogP contribution in [-0.2, 0) is 14.3 Å². The van der Waals surface area contributed by atoms with Gasteiger partial charge in [-0.3, -0.25) is 19.6 Å². The highest BCUT2D eigenvalue weighted by Crippen LogP contribution is 2.43. The third kappa shape index (κ3) is 2.36. The number of carbonyl (C=O) groups is 2. The molecule has 1 aromatic rings. The van der Waals surface area contributed by atoms with E-state index in [1.54, 1.807) is 12.4 Å². The van der Waals surface area contributed by atoms with E-state index < -0.39 is 5.92 Å². The molecule has 0 aromatic carbocycles. The van der Waals surface area contributed by atoms with Crippen LogP contribution in [0.3, 0.4) is 0 Å². The number of rotatable bonds is 2. The maximum Gasteiger partial charge on any atom is 0.315 e. The zero-order valence-corrected chi connectivity index (χ0v) is 12.7. The van der Waals surface area contributed by atoms with Crippen LogP contribution in [0.25, 0.3) is 0 Å². The minimum Gasteiger partial charge on any atom is -0.468 e. The molecule has 1 aromatic heterocycles. The minimum absolute atomic E-state index is 0.0909. The summed E-state index contributed by atoms with van der Waals surface area (Å²) in [5.74, 6) is -1.13. The third-order valence-electron chi connectivity index (χ3n) is 4.35. The SMILES string of the molecule is COC(=O)C1C(C)=NC2=C(C(=O)CCC2)[C@@H]1c1ccncc1. The van der Waals surface area contributed by atoms with Gasteiger partial charge in [0.1, 0.15) is 5.92 Å². The van der Waals surface area contributed by atoms with Crippen molar-refractivity contribution in [2.75, 3.05) is 7.11 Å². The van der Waals surface area contributed by atoms with Crippen LogP contribution < -0.4 is 0 Å². The number of esters is 1. The molecule has 2 heterocycles. The van der Waals surface area contributed by atoms with Gasteiger partial charge in [0.15, 0.2) is 5.78 Å². The predicted molar refractivity (Wildman–Crippen MR) is 81.5 cm³/mol. The second kappa shape index (κ2) is 5.83. The highest BCUT2D eigenvalue weighted by molar-refractivity contribution is 6.08. The Bertz CT molecular complexity index is 676. The number of pyridine rings is 1. The molecule has 22 heavy (non-hydrogen) atoms. The molecule has 0 fully saturated rings. The number of hydrogen-bond donors (Lipinski definition) is 0. The van der Waals surface area contributed by atoms with Crippen molar-refractivity contribution in [3.05, 3.63) is 41.4 Å². The fourth-order valence-electron chi connectivity index (χ4n) is 3.37. The minimum atomic E-state index is -0.548. The van der Waals surface area contributed by atoms with E-state index in [4.69, 9.17) is 4.74 Å². The van der Waals surface area contributed by atoms with Crippen LogP contribution in [0.1, 0.15) is 37.7 Å². The number of aromatic nitrogens is 1. The number of nitrogens with zero attached hydrogens (tertiary/aromatic N) is 2. The van der Waals surface area contributed by atoms with E-state index in [1.807, 2.05) is 19.1 Å². The number of methoxy groups -OCH3 is 1. The Balaban J connectivity index is 2.17. The van der Waals surface area contributed by atoms with Gasteiger partial charge < -0.3 is 4.74 Å². The first-order valence-electron chi connectivity index (χ1n) is 7.42. The quantitative estimate of drug-likeness (QED) is 0.786. The zero-order chi connectivity index (χ0) is 15.7. The Morgan fingerprint density at radius 1 is 1.27 bits per heavy atom. The Morgan fingerprint density at radius 3 is 2.68 bits per heavy atom. The molecule has 2 atom stereocenters. The number of hydrogen-bond acceptors (Lipinski definition) is 5. The number of ketones is 1.